The van der Waals surface area contributed by atoms with E-state index in [9.17, 15) is 9.18 Å². The van der Waals surface area contributed by atoms with Gasteiger partial charge in [0.05, 0.1) is 23.0 Å². The molecule has 2 aliphatic rings. The van der Waals surface area contributed by atoms with Crippen LogP contribution in [-0.2, 0) is 17.6 Å². The summed E-state index contributed by atoms with van der Waals surface area (Å²) in [5.41, 5.74) is 3.68. The number of anilines is 2. The number of hydrogen-bond acceptors (Lipinski definition) is 5. The SMILES string of the molecule is CC(C(=O)Cc1ccc(F)cc1)c1ccc2c(n1)CCCN2c1ccnc(C2CC2)n1. The number of carbonyl (C=O) groups is 1. The highest BCUT2D eigenvalue weighted by atomic mass is 19.1. The lowest BCUT2D eigenvalue weighted by Gasteiger charge is -2.30. The second-order valence-corrected chi connectivity index (χ2v) is 8.50. The van der Waals surface area contributed by atoms with Crippen molar-refractivity contribution in [3.8, 4) is 0 Å². The molecule has 5 rings (SSSR count). The van der Waals surface area contributed by atoms with Crippen LogP contribution in [-0.4, -0.2) is 27.3 Å². The molecular weight excluding hydrogens is 391 g/mol. The van der Waals surface area contributed by atoms with Gasteiger partial charge in [-0.3, -0.25) is 9.78 Å². The average molecular weight is 417 g/mol. The predicted octanol–water partition coefficient (Wildman–Crippen LogP) is 4.89. The number of benzene rings is 1. The third-order valence-electron chi connectivity index (χ3n) is 6.15. The van der Waals surface area contributed by atoms with Gasteiger partial charge < -0.3 is 4.90 Å². The van der Waals surface area contributed by atoms with Gasteiger partial charge in [-0.2, -0.15) is 0 Å². The minimum Gasteiger partial charge on any atom is -0.325 e. The normalized spacial score (nSPS) is 16.6. The van der Waals surface area contributed by atoms with Gasteiger partial charge >= 0.3 is 0 Å². The van der Waals surface area contributed by atoms with Gasteiger partial charge in [-0.15, -0.1) is 0 Å². The number of carbonyl (C=O) groups excluding carboxylic acids is 1. The van der Waals surface area contributed by atoms with Gasteiger partial charge in [0.2, 0.25) is 0 Å². The summed E-state index contributed by atoms with van der Waals surface area (Å²) in [7, 11) is 0. The maximum Gasteiger partial charge on any atom is 0.145 e. The maximum absolute atomic E-state index is 13.1. The topological polar surface area (TPSA) is 59.0 Å². The Bertz CT molecular complexity index is 1110. The molecule has 0 N–H and O–H groups in total. The van der Waals surface area contributed by atoms with Crippen molar-refractivity contribution in [3.63, 3.8) is 0 Å². The standard InChI is InChI=1S/C25H25FN4O/c1-16(23(31)15-17-4-8-19(26)9-5-17)20-10-11-22-21(28-20)3-2-14-30(22)24-12-13-27-25(29-24)18-6-7-18/h4-5,8-13,16,18H,2-3,6-7,14-15H2,1H3. The van der Waals surface area contributed by atoms with Crippen LogP contribution in [0.3, 0.4) is 0 Å². The van der Waals surface area contributed by atoms with Crippen molar-refractivity contribution in [2.45, 2.75) is 50.9 Å². The van der Waals surface area contributed by atoms with Gasteiger partial charge in [0, 0.05) is 25.1 Å². The first-order chi connectivity index (χ1) is 15.1. The summed E-state index contributed by atoms with van der Waals surface area (Å²) in [6.45, 7) is 2.79. The fraction of sp³-hybridized carbons (Fsp3) is 0.360. The van der Waals surface area contributed by atoms with Crippen molar-refractivity contribution in [2.75, 3.05) is 11.4 Å². The summed E-state index contributed by atoms with van der Waals surface area (Å²) in [6, 6.07) is 12.1. The molecule has 2 aromatic heterocycles. The number of aromatic nitrogens is 3. The zero-order valence-corrected chi connectivity index (χ0v) is 17.6. The molecule has 0 spiro atoms. The molecule has 3 heterocycles. The van der Waals surface area contributed by atoms with Crippen LogP contribution in [0.25, 0.3) is 0 Å². The Kier molecular flexibility index (Phi) is 5.22. The van der Waals surface area contributed by atoms with Crippen LogP contribution in [0, 0.1) is 5.82 Å². The van der Waals surface area contributed by atoms with Crippen LogP contribution in [0.1, 0.15) is 60.8 Å². The van der Waals surface area contributed by atoms with E-state index in [1.807, 2.05) is 25.3 Å². The molecule has 1 unspecified atom stereocenters. The van der Waals surface area contributed by atoms with Crippen molar-refractivity contribution in [1.29, 1.82) is 0 Å². The number of nitrogens with zero attached hydrogens (tertiary/aromatic N) is 4. The zero-order chi connectivity index (χ0) is 21.4. The number of aryl methyl sites for hydroxylation is 1. The van der Waals surface area contributed by atoms with Crippen LogP contribution in [0.4, 0.5) is 15.9 Å². The highest BCUT2D eigenvalue weighted by molar-refractivity contribution is 5.87. The molecule has 3 aromatic rings. The zero-order valence-electron chi connectivity index (χ0n) is 17.6. The monoisotopic (exact) mass is 416 g/mol. The number of fused-ring (bicyclic) bond motifs is 1. The second kappa shape index (κ2) is 8.17. The highest BCUT2D eigenvalue weighted by Crippen LogP contribution is 2.39. The number of halogens is 1. The number of ketones is 1. The molecule has 1 fully saturated rings. The molecule has 0 radical (unpaired) electrons. The lowest BCUT2D eigenvalue weighted by molar-refractivity contribution is -0.119. The van der Waals surface area contributed by atoms with Gasteiger partial charge in [-0.05, 0) is 68.5 Å². The smallest absolute Gasteiger partial charge is 0.145 e. The molecule has 158 valence electrons. The second-order valence-electron chi connectivity index (χ2n) is 8.50. The van der Waals surface area contributed by atoms with E-state index in [0.717, 1.165) is 53.7 Å². The van der Waals surface area contributed by atoms with Gasteiger partial charge in [-0.1, -0.05) is 12.1 Å². The molecular formula is C25H25FN4O. The Balaban J connectivity index is 1.36. The van der Waals surface area contributed by atoms with Crippen molar-refractivity contribution in [2.24, 2.45) is 0 Å². The van der Waals surface area contributed by atoms with Gasteiger partial charge in [0.1, 0.15) is 23.2 Å². The Hall–Kier alpha value is -3.15. The summed E-state index contributed by atoms with van der Waals surface area (Å²) in [6.07, 6.45) is 6.35. The fourth-order valence-corrected chi connectivity index (χ4v) is 4.12. The molecule has 5 nitrogen and oxygen atoms in total. The summed E-state index contributed by atoms with van der Waals surface area (Å²) in [5.74, 6) is 1.85. The van der Waals surface area contributed by atoms with E-state index in [1.165, 1.54) is 25.0 Å². The van der Waals surface area contributed by atoms with Gasteiger partial charge in [0.15, 0.2) is 0 Å². The Morgan fingerprint density at radius 3 is 2.71 bits per heavy atom. The molecule has 0 saturated heterocycles. The van der Waals surface area contributed by atoms with Crippen LogP contribution in [0.5, 0.6) is 0 Å². The molecule has 0 bridgehead atoms. The number of rotatable bonds is 6. The quantitative estimate of drug-likeness (QED) is 0.573. The molecule has 6 heteroatoms. The van der Waals surface area contributed by atoms with Crippen molar-refractivity contribution in [3.05, 3.63) is 77.3 Å². The molecule has 1 aromatic carbocycles. The van der Waals surface area contributed by atoms with E-state index in [0.29, 0.717) is 5.92 Å². The van der Waals surface area contributed by atoms with Crippen LogP contribution >= 0.6 is 0 Å². The first-order valence-electron chi connectivity index (χ1n) is 11.0. The Labute approximate surface area is 181 Å². The van der Waals surface area contributed by atoms with E-state index >= 15 is 0 Å². The highest BCUT2D eigenvalue weighted by Gasteiger charge is 2.28. The summed E-state index contributed by atoms with van der Waals surface area (Å²) < 4.78 is 13.1. The molecule has 31 heavy (non-hydrogen) atoms. The van der Waals surface area contributed by atoms with E-state index in [1.54, 1.807) is 12.1 Å². The molecule has 1 saturated carbocycles. The predicted molar refractivity (Wildman–Crippen MR) is 117 cm³/mol. The summed E-state index contributed by atoms with van der Waals surface area (Å²) >= 11 is 0. The van der Waals surface area contributed by atoms with Crippen LogP contribution < -0.4 is 4.90 Å². The summed E-state index contributed by atoms with van der Waals surface area (Å²) in [4.78, 5) is 29.1. The van der Waals surface area contributed by atoms with Crippen molar-refractivity contribution < 1.29 is 9.18 Å². The lowest BCUT2D eigenvalue weighted by Crippen LogP contribution is -2.27. The largest absolute Gasteiger partial charge is 0.325 e. The first kappa shape index (κ1) is 19.8. The third-order valence-corrected chi connectivity index (χ3v) is 6.15. The van der Waals surface area contributed by atoms with E-state index in [-0.39, 0.29) is 23.9 Å². The third kappa shape index (κ3) is 4.20. The average Bonchev–Trinajstić information content (AvgIpc) is 3.65. The maximum atomic E-state index is 13.1. The lowest BCUT2D eigenvalue weighted by atomic mass is 9.95. The van der Waals surface area contributed by atoms with Crippen molar-refractivity contribution >= 4 is 17.3 Å². The van der Waals surface area contributed by atoms with E-state index in [4.69, 9.17) is 9.97 Å². The number of hydrogen-bond donors (Lipinski definition) is 0. The molecule has 1 atom stereocenters. The van der Waals surface area contributed by atoms with Gasteiger partial charge in [-0.25, -0.2) is 14.4 Å². The van der Waals surface area contributed by atoms with E-state index in [2.05, 4.69) is 16.0 Å². The minimum absolute atomic E-state index is 0.0802. The van der Waals surface area contributed by atoms with E-state index < -0.39 is 0 Å². The Morgan fingerprint density at radius 2 is 1.94 bits per heavy atom. The molecule has 0 amide bonds. The molecule has 1 aliphatic heterocycles. The number of Topliss-reactive ketones (excluding diaryl/α,β-unsaturated/α-hetero) is 1. The molecule has 1 aliphatic carbocycles. The van der Waals surface area contributed by atoms with Crippen LogP contribution in [0.15, 0.2) is 48.7 Å². The Morgan fingerprint density at radius 1 is 1.13 bits per heavy atom. The van der Waals surface area contributed by atoms with Crippen molar-refractivity contribution in [1.82, 2.24) is 15.0 Å². The first-order valence-corrected chi connectivity index (χ1v) is 11.0. The minimum atomic E-state index is -0.314. The summed E-state index contributed by atoms with van der Waals surface area (Å²) in [5, 5.41) is 0. The number of pyridine rings is 1. The van der Waals surface area contributed by atoms with Crippen LogP contribution in [0.2, 0.25) is 0 Å². The fourth-order valence-electron chi connectivity index (χ4n) is 4.12. The van der Waals surface area contributed by atoms with Gasteiger partial charge in [0.25, 0.3) is 0 Å².